The van der Waals surface area contributed by atoms with Gasteiger partial charge in [0.2, 0.25) is 6.10 Å². The number of cyclic esters (lactones) is 1. The molecule has 0 amide bonds. The number of esters is 2. The molecule has 0 aromatic heterocycles. The molecule has 1 aromatic rings. The highest BCUT2D eigenvalue weighted by atomic mass is 16.6. The Kier molecular flexibility index (Phi) is 2.99. The third-order valence-electron chi connectivity index (χ3n) is 2.47. The van der Waals surface area contributed by atoms with Crippen molar-refractivity contribution in [1.82, 2.24) is 0 Å². The molecule has 0 saturated carbocycles. The van der Waals surface area contributed by atoms with Crippen LogP contribution in [-0.4, -0.2) is 24.6 Å². The van der Waals surface area contributed by atoms with Crippen LogP contribution in [0.4, 0.5) is 5.69 Å². The van der Waals surface area contributed by atoms with Crippen molar-refractivity contribution >= 4 is 17.6 Å². The van der Waals surface area contributed by atoms with Crippen LogP contribution in [0.1, 0.15) is 22.3 Å². The van der Waals surface area contributed by atoms with Crippen molar-refractivity contribution in [3.05, 3.63) is 29.3 Å². The highest BCUT2D eigenvalue weighted by molar-refractivity contribution is 5.92. The van der Waals surface area contributed by atoms with Gasteiger partial charge in [0.05, 0.1) is 12.2 Å². The van der Waals surface area contributed by atoms with E-state index < -0.39 is 18.0 Å². The second kappa shape index (κ2) is 4.45. The van der Waals surface area contributed by atoms with Gasteiger partial charge in [0.15, 0.2) is 0 Å². The number of hydrogen-bond donors (Lipinski definition) is 1. The van der Waals surface area contributed by atoms with Crippen molar-refractivity contribution in [3.8, 4) is 0 Å². The Labute approximate surface area is 98.5 Å². The Morgan fingerprint density at radius 3 is 2.82 bits per heavy atom. The lowest BCUT2D eigenvalue weighted by Gasteiger charge is -2.09. The Balaban J connectivity index is 2.11. The van der Waals surface area contributed by atoms with Crippen molar-refractivity contribution in [2.45, 2.75) is 19.4 Å². The number of rotatable bonds is 2. The maximum Gasteiger partial charge on any atom is 0.347 e. The molecular formula is C12H13NO4. The second-order valence-corrected chi connectivity index (χ2v) is 3.98. The molecule has 1 atom stereocenters. The molecule has 0 aliphatic carbocycles. The Morgan fingerprint density at radius 2 is 2.24 bits per heavy atom. The summed E-state index contributed by atoms with van der Waals surface area (Å²) in [5, 5.41) is 0. The van der Waals surface area contributed by atoms with E-state index in [1.807, 2.05) is 6.92 Å². The van der Waals surface area contributed by atoms with Gasteiger partial charge in [-0.05, 0) is 30.7 Å². The van der Waals surface area contributed by atoms with Crippen LogP contribution in [0.5, 0.6) is 0 Å². The van der Waals surface area contributed by atoms with Crippen LogP contribution in [0.3, 0.4) is 0 Å². The molecule has 2 rings (SSSR count). The number of carbonyl (C=O) groups is 2. The summed E-state index contributed by atoms with van der Waals surface area (Å²) in [4.78, 5) is 22.9. The van der Waals surface area contributed by atoms with E-state index in [4.69, 9.17) is 15.2 Å². The average molecular weight is 235 g/mol. The Morgan fingerprint density at radius 1 is 1.47 bits per heavy atom. The van der Waals surface area contributed by atoms with Gasteiger partial charge in [0.1, 0.15) is 0 Å². The van der Waals surface area contributed by atoms with Gasteiger partial charge < -0.3 is 15.2 Å². The molecule has 1 heterocycles. The van der Waals surface area contributed by atoms with Crippen LogP contribution < -0.4 is 5.73 Å². The lowest BCUT2D eigenvalue weighted by molar-refractivity contribution is -0.145. The van der Waals surface area contributed by atoms with Crippen LogP contribution in [-0.2, 0) is 14.3 Å². The summed E-state index contributed by atoms with van der Waals surface area (Å²) in [6.07, 6.45) is -0.379. The fourth-order valence-corrected chi connectivity index (χ4v) is 1.71. The fourth-order valence-electron chi connectivity index (χ4n) is 1.71. The predicted molar refractivity (Wildman–Crippen MR) is 60.4 cm³/mol. The highest BCUT2D eigenvalue weighted by Crippen LogP contribution is 2.16. The SMILES string of the molecule is Cc1cc(N)cc(C(=O)OC2CCOC2=O)c1. The average Bonchev–Trinajstić information content (AvgIpc) is 2.63. The first-order chi connectivity index (χ1) is 8.06. The van der Waals surface area contributed by atoms with Gasteiger partial charge in [-0.25, -0.2) is 9.59 Å². The molecule has 1 aromatic carbocycles. The first kappa shape index (κ1) is 11.4. The monoisotopic (exact) mass is 235 g/mol. The van der Waals surface area contributed by atoms with Gasteiger partial charge in [-0.2, -0.15) is 0 Å². The summed E-state index contributed by atoms with van der Waals surface area (Å²) in [6.45, 7) is 2.13. The molecule has 90 valence electrons. The molecule has 0 spiro atoms. The molecule has 0 radical (unpaired) electrons. The summed E-state index contributed by atoms with van der Waals surface area (Å²) < 4.78 is 9.76. The highest BCUT2D eigenvalue weighted by Gasteiger charge is 2.30. The Bertz CT molecular complexity index is 449. The summed E-state index contributed by atoms with van der Waals surface area (Å²) in [5.41, 5.74) is 7.34. The molecule has 1 fully saturated rings. The summed E-state index contributed by atoms with van der Waals surface area (Å²) in [6, 6.07) is 4.94. The quantitative estimate of drug-likeness (QED) is 0.612. The minimum Gasteiger partial charge on any atom is -0.463 e. The van der Waals surface area contributed by atoms with E-state index >= 15 is 0 Å². The second-order valence-electron chi connectivity index (χ2n) is 3.98. The molecule has 1 saturated heterocycles. The van der Waals surface area contributed by atoms with E-state index in [1.54, 1.807) is 12.1 Å². The molecule has 5 heteroatoms. The summed E-state index contributed by atoms with van der Waals surface area (Å²) in [7, 11) is 0. The molecule has 5 nitrogen and oxygen atoms in total. The normalized spacial score (nSPS) is 18.9. The third-order valence-corrected chi connectivity index (χ3v) is 2.47. The topological polar surface area (TPSA) is 78.6 Å². The number of carbonyl (C=O) groups excluding carboxylic acids is 2. The van der Waals surface area contributed by atoms with Gasteiger partial charge in [0, 0.05) is 12.1 Å². The van der Waals surface area contributed by atoms with Gasteiger partial charge in [-0.1, -0.05) is 0 Å². The van der Waals surface area contributed by atoms with Crippen LogP contribution in [0.25, 0.3) is 0 Å². The number of ether oxygens (including phenoxy) is 2. The molecular weight excluding hydrogens is 222 g/mol. The lowest BCUT2D eigenvalue weighted by Crippen LogP contribution is -2.22. The van der Waals surface area contributed by atoms with Crippen LogP contribution in [0.2, 0.25) is 0 Å². The van der Waals surface area contributed by atoms with E-state index in [0.29, 0.717) is 24.3 Å². The number of nitrogens with two attached hydrogens (primary N) is 1. The van der Waals surface area contributed by atoms with Gasteiger partial charge in [-0.15, -0.1) is 0 Å². The van der Waals surface area contributed by atoms with Crippen molar-refractivity contribution in [1.29, 1.82) is 0 Å². The smallest absolute Gasteiger partial charge is 0.347 e. The summed E-state index contributed by atoms with van der Waals surface area (Å²) >= 11 is 0. The minimum absolute atomic E-state index is 0.298. The number of nitrogen functional groups attached to an aromatic ring is 1. The zero-order chi connectivity index (χ0) is 12.4. The lowest BCUT2D eigenvalue weighted by atomic mass is 10.1. The Hall–Kier alpha value is -2.04. The number of aryl methyl sites for hydroxylation is 1. The molecule has 1 unspecified atom stereocenters. The number of benzene rings is 1. The predicted octanol–water partition coefficient (Wildman–Crippen LogP) is 1.05. The standard InChI is InChI=1S/C12H13NO4/c1-7-4-8(6-9(13)5-7)11(14)17-10-2-3-16-12(10)15/h4-6,10H,2-3,13H2,1H3. The van der Waals surface area contributed by atoms with E-state index in [1.165, 1.54) is 6.07 Å². The first-order valence-corrected chi connectivity index (χ1v) is 5.31. The van der Waals surface area contributed by atoms with Crippen molar-refractivity contribution < 1.29 is 19.1 Å². The van der Waals surface area contributed by atoms with Gasteiger partial charge in [-0.3, -0.25) is 0 Å². The van der Waals surface area contributed by atoms with Gasteiger partial charge >= 0.3 is 11.9 Å². The van der Waals surface area contributed by atoms with Crippen molar-refractivity contribution in [3.63, 3.8) is 0 Å². The molecule has 17 heavy (non-hydrogen) atoms. The first-order valence-electron chi connectivity index (χ1n) is 5.31. The maximum absolute atomic E-state index is 11.8. The zero-order valence-electron chi connectivity index (χ0n) is 9.43. The van der Waals surface area contributed by atoms with E-state index in [-0.39, 0.29) is 0 Å². The van der Waals surface area contributed by atoms with Crippen molar-refractivity contribution in [2.75, 3.05) is 12.3 Å². The molecule has 0 bridgehead atoms. The zero-order valence-corrected chi connectivity index (χ0v) is 9.43. The minimum atomic E-state index is -0.788. The van der Waals surface area contributed by atoms with Crippen LogP contribution >= 0.6 is 0 Å². The number of anilines is 1. The largest absolute Gasteiger partial charge is 0.463 e. The van der Waals surface area contributed by atoms with Gasteiger partial charge in [0.25, 0.3) is 0 Å². The molecule has 1 aliphatic rings. The van der Waals surface area contributed by atoms with E-state index in [2.05, 4.69) is 0 Å². The maximum atomic E-state index is 11.8. The summed E-state index contributed by atoms with van der Waals surface area (Å²) in [5.74, 6) is -1.04. The molecule has 1 aliphatic heterocycles. The van der Waals surface area contributed by atoms with E-state index in [0.717, 1.165) is 5.56 Å². The molecule has 2 N–H and O–H groups in total. The third kappa shape index (κ3) is 2.55. The number of hydrogen-bond acceptors (Lipinski definition) is 5. The van der Waals surface area contributed by atoms with E-state index in [9.17, 15) is 9.59 Å². The van der Waals surface area contributed by atoms with Crippen LogP contribution in [0.15, 0.2) is 18.2 Å². The van der Waals surface area contributed by atoms with Crippen LogP contribution in [0, 0.1) is 6.92 Å². The van der Waals surface area contributed by atoms with Crippen molar-refractivity contribution in [2.24, 2.45) is 0 Å². The fraction of sp³-hybridized carbons (Fsp3) is 0.333.